The molecule has 1 atom stereocenters. The number of carbonyl (C=O) groups excluding carboxylic acids is 2. The van der Waals surface area contributed by atoms with Gasteiger partial charge in [0.05, 0.1) is 0 Å². The number of amides is 2. The minimum Gasteiger partial charge on any atom is -0.399 e. The first kappa shape index (κ1) is 25.6. The number of nitrogens with one attached hydrogen (secondary N) is 2. The highest BCUT2D eigenvalue weighted by atomic mass is 35.5. The van der Waals surface area contributed by atoms with Crippen molar-refractivity contribution in [2.75, 3.05) is 29.0 Å². The molecule has 1 heterocycles. The Labute approximate surface area is 190 Å². The second-order valence-electron chi connectivity index (χ2n) is 7.22. The molecule has 164 valence electrons. The molecule has 0 radical (unpaired) electrons. The van der Waals surface area contributed by atoms with Gasteiger partial charge in [0.25, 0.3) is 0 Å². The first-order valence-electron chi connectivity index (χ1n) is 9.81. The lowest BCUT2D eigenvalue weighted by Gasteiger charge is -2.19. The zero-order valence-corrected chi connectivity index (χ0v) is 18.7. The van der Waals surface area contributed by atoms with E-state index in [1.807, 2.05) is 42.5 Å². The number of benzene rings is 2. The van der Waals surface area contributed by atoms with Gasteiger partial charge in [0.15, 0.2) is 0 Å². The van der Waals surface area contributed by atoms with Gasteiger partial charge in [-0.3, -0.25) is 9.59 Å². The van der Waals surface area contributed by atoms with E-state index in [1.54, 1.807) is 6.92 Å². The lowest BCUT2D eigenvalue weighted by atomic mass is 10.1. The van der Waals surface area contributed by atoms with E-state index in [9.17, 15) is 9.59 Å². The SMILES string of the molecule is CC(NC(=O)CCc1ccccc1N)C(=O)Nc1cccc(N2CCCC2)c1.Cl.Cl. The quantitative estimate of drug-likeness (QED) is 0.557. The van der Waals surface area contributed by atoms with Crippen molar-refractivity contribution < 1.29 is 9.59 Å². The van der Waals surface area contributed by atoms with Gasteiger partial charge in [-0.2, -0.15) is 0 Å². The standard InChI is InChI=1S/C22H28N4O2.2ClH/c1-16(24-21(27)12-11-17-7-2-3-10-20(17)23)22(28)25-18-8-6-9-19(15-18)26-13-4-5-14-26;;/h2-3,6-10,15-16H,4-5,11-14,23H2,1H3,(H,24,27)(H,25,28);2*1H. The Morgan fingerprint density at radius 3 is 2.47 bits per heavy atom. The van der Waals surface area contributed by atoms with Crippen LogP contribution in [0.3, 0.4) is 0 Å². The monoisotopic (exact) mass is 452 g/mol. The molecule has 1 unspecified atom stereocenters. The van der Waals surface area contributed by atoms with Gasteiger partial charge in [-0.05, 0) is 56.0 Å². The lowest BCUT2D eigenvalue weighted by molar-refractivity contribution is -0.126. The summed E-state index contributed by atoms with van der Waals surface area (Å²) in [6, 6.07) is 14.7. The molecule has 0 bridgehead atoms. The topological polar surface area (TPSA) is 87.5 Å². The fraction of sp³-hybridized carbons (Fsp3) is 0.364. The van der Waals surface area contributed by atoms with Crippen molar-refractivity contribution in [3.05, 3.63) is 54.1 Å². The molecule has 30 heavy (non-hydrogen) atoms. The second-order valence-corrected chi connectivity index (χ2v) is 7.22. The molecule has 0 aliphatic carbocycles. The van der Waals surface area contributed by atoms with Crippen LogP contribution < -0.4 is 21.3 Å². The average Bonchev–Trinajstić information content (AvgIpc) is 3.22. The molecule has 1 aliphatic rings. The molecule has 0 saturated carbocycles. The molecule has 2 aromatic carbocycles. The molecule has 6 nitrogen and oxygen atoms in total. The van der Waals surface area contributed by atoms with Crippen molar-refractivity contribution in [2.45, 2.75) is 38.6 Å². The second kappa shape index (κ2) is 12.3. The number of nitrogens with zero attached hydrogens (tertiary/aromatic N) is 1. The highest BCUT2D eigenvalue weighted by molar-refractivity contribution is 5.97. The van der Waals surface area contributed by atoms with E-state index < -0.39 is 6.04 Å². The molecule has 0 spiro atoms. The van der Waals surface area contributed by atoms with E-state index in [2.05, 4.69) is 21.6 Å². The molecule has 8 heteroatoms. The maximum atomic E-state index is 12.4. The first-order chi connectivity index (χ1) is 13.5. The minimum atomic E-state index is -0.615. The summed E-state index contributed by atoms with van der Waals surface area (Å²) >= 11 is 0. The zero-order valence-electron chi connectivity index (χ0n) is 17.1. The average molecular weight is 453 g/mol. The van der Waals surface area contributed by atoms with Gasteiger partial charge in [-0.1, -0.05) is 24.3 Å². The number of anilines is 3. The van der Waals surface area contributed by atoms with Crippen LogP contribution in [0.25, 0.3) is 0 Å². The maximum absolute atomic E-state index is 12.4. The Morgan fingerprint density at radius 2 is 1.77 bits per heavy atom. The lowest BCUT2D eigenvalue weighted by Crippen LogP contribution is -2.41. The van der Waals surface area contributed by atoms with Crippen LogP contribution in [0.2, 0.25) is 0 Å². The first-order valence-corrected chi connectivity index (χ1v) is 9.81. The molecular weight excluding hydrogens is 423 g/mol. The fourth-order valence-electron chi connectivity index (χ4n) is 3.40. The van der Waals surface area contributed by atoms with Gasteiger partial charge in [0.2, 0.25) is 11.8 Å². The summed E-state index contributed by atoms with van der Waals surface area (Å²) in [5.41, 5.74) is 9.38. The predicted molar refractivity (Wildman–Crippen MR) is 128 cm³/mol. The van der Waals surface area contributed by atoms with Gasteiger partial charge >= 0.3 is 0 Å². The summed E-state index contributed by atoms with van der Waals surface area (Å²) in [6.45, 7) is 3.79. The minimum absolute atomic E-state index is 0. The van der Waals surface area contributed by atoms with E-state index in [1.165, 1.54) is 12.8 Å². The van der Waals surface area contributed by atoms with Gasteiger partial charge in [0, 0.05) is 36.6 Å². The number of para-hydroxylation sites is 1. The molecule has 4 N–H and O–H groups in total. The van der Waals surface area contributed by atoms with Crippen molar-refractivity contribution in [3.63, 3.8) is 0 Å². The van der Waals surface area contributed by atoms with Crippen LogP contribution in [0, 0.1) is 0 Å². The van der Waals surface area contributed by atoms with Crippen molar-refractivity contribution in [3.8, 4) is 0 Å². The number of carbonyl (C=O) groups is 2. The largest absolute Gasteiger partial charge is 0.399 e. The molecule has 1 fully saturated rings. The fourth-order valence-corrected chi connectivity index (χ4v) is 3.40. The highest BCUT2D eigenvalue weighted by Gasteiger charge is 2.17. The van der Waals surface area contributed by atoms with Gasteiger partial charge < -0.3 is 21.3 Å². The number of halogens is 2. The smallest absolute Gasteiger partial charge is 0.246 e. The van der Waals surface area contributed by atoms with E-state index in [0.717, 1.165) is 30.0 Å². The molecule has 2 amide bonds. The van der Waals surface area contributed by atoms with Crippen molar-refractivity contribution >= 4 is 53.7 Å². The Morgan fingerprint density at radius 1 is 1.07 bits per heavy atom. The Balaban J connectivity index is 0.00000225. The third-order valence-corrected chi connectivity index (χ3v) is 5.03. The van der Waals surface area contributed by atoms with Crippen LogP contribution in [0.5, 0.6) is 0 Å². The number of hydrogen-bond acceptors (Lipinski definition) is 4. The number of aryl methyl sites for hydroxylation is 1. The third-order valence-electron chi connectivity index (χ3n) is 5.03. The number of hydrogen-bond donors (Lipinski definition) is 3. The number of nitrogens with two attached hydrogens (primary N) is 1. The maximum Gasteiger partial charge on any atom is 0.246 e. The van der Waals surface area contributed by atoms with Crippen molar-refractivity contribution in [1.29, 1.82) is 0 Å². The van der Waals surface area contributed by atoms with Crippen LogP contribution in [-0.2, 0) is 16.0 Å². The van der Waals surface area contributed by atoms with Crippen LogP contribution in [0.1, 0.15) is 31.7 Å². The summed E-state index contributed by atoms with van der Waals surface area (Å²) in [6.07, 6.45) is 3.24. The van der Waals surface area contributed by atoms with Crippen LogP contribution in [0.15, 0.2) is 48.5 Å². The Kier molecular flexibility index (Phi) is 10.5. The van der Waals surface area contributed by atoms with Crippen LogP contribution in [0.4, 0.5) is 17.1 Å². The Bertz CT molecular complexity index is 841. The summed E-state index contributed by atoms with van der Waals surface area (Å²) < 4.78 is 0. The highest BCUT2D eigenvalue weighted by Crippen LogP contribution is 2.23. The summed E-state index contributed by atoms with van der Waals surface area (Å²) in [5.74, 6) is -0.400. The van der Waals surface area contributed by atoms with E-state index in [-0.39, 0.29) is 43.0 Å². The van der Waals surface area contributed by atoms with E-state index in [4.69, 9.17) is 5.73 Å². The molecular formula is C22H30Cl2N4O2. The molecule has 1 saturated heterocycles. The molecule has 2 aromatic rings. The molecule has 1 aliphatic heterocycles. The van der Waals surface area contributed by atoms with Crippen LogP contribution in [-0.4, -0.2) is 30.9 Å². The van der Waals surface area contributed by atoms with Crippen molar-refractivity contribution in [1.82, 2.24) is 5.32 Å². The van der Waals surface area contributed by atoms with Gasteiger partial charge in [-0.25, -0.2) is 0 Å². The van der Waals surface area contributed by atoms with Gasteiger partial charge in [-0.15, -0.1) is 24.8 Å². The van der Waals surface area contributed by atoms with Crippen molar-refractivity contribution in [2.24, 2.45) is 0 Å². The zero-order chi connectivity index (χ0) is 19.9. The number of nitrogen functional groups attached to an aromatic ring is 1. The van der Waals surface area contributed by atoms with E-state index in [0.29, 0.717) is 12.1 Å². The molecule has 3 rings (SSSR count). The summed E-state index contributed by atoms with van der Waals surface area (Å²) in [4.78, 5) is 26.9. The third kappa shape index (κ3) is 7.11. The van der Waals surface area contributed by atoms with Gasteiger partial charge in [0.1, 0.15) is 6.04 Å². The molecule has 0 aromatic heterocycles. The van der Waals surface area contributed by atoms with E-state index >= 15 is 0 Å². The summed E-state index contributed by atoms with van der Waals surface area (Å²) in [7, 11) is 0. The Hall–Kier alpha value is -2.44. The number of rotatable bonds is 7. The predicted octanol–water partition coefficient (Wildman–Crippen LogP) is 3.79. The summed E-state index contributed by atoms with van der Waals surface area (Å²) in [5, 5.41) is 5.65. The van der Waals surface area contributed by atoms with Crippen LogP contribution >= 0.6 is 24.8 Å². The normalized spacial score (nSPS) is 13.6.